The molecule has 20 nitrogen and oxygen atoms in total. The number of rotatable bonds is 20. The first-order chi connectivity index (χ1) is 27.5. The number of hydrogen-bond acceptors (Lipinski definition) is 15. The molecule has 13 N–H and O–H groups in total. The number of anilines is 1. The summed E-state index contributed by atoms with van der Waals surface area (Å²) in [5.41, 5.74) is 4.55. The molecule has 0 aromatic heterocycles. The number of likely N-dealkylation sites (N-methyl/N-ethyl adjacent to an activating group) is 1. The summed E-state index contributed by atoms with van der Waals surface area (Å²) in [6.07, 6.45) is -5.71. The number of nitrogens with zero attached hydrogens (tertiary/aromatic N) is 2. The molecule has 5 unspecified atom stereocenters. The highest BCUT2D eigenvalue weighted by Crippen LogP contribution is 2.44. The van der Waals surface area contributed by atoms with Gasteiger partial charge >= 0.3 is 11.8 Å². The molecule has 5 atom stereocenters. The summed E-state index contributed by atoms with van der Waals surface area (Å²) in [6.45, 7) is -4.33. The third-order valence-corrected chi connectivity index (χ3v) is 14.7. The fourth-order valence-electron chi connectivity index (χ4n) is 5.30. The lowest BCUT2D eigenvalue weighted by atomic mass is 10.0. The number of quaternary nitrogens is 1. The molecule has 59 heavy (non-hydrogen) atoms. The molecule has 6 amide bonds. The topological polar surface area (TPSA) is 330 Å². The molecular formula is C33H41I6N6O14+. The molecule has 0 aliphatic heterocycles. The van der Waals surface area contributed by atoms with Crippen molar-refractivity contribution in [2.45, 2.75) is 31.3 Å². The van der Waals surface area contributed by atoms with Gasteiger partial charge in [-0.1, -0.05) is 0 Å². The highest BCUT2D eigenvalue weighted by Gasteiger charge is 2.50. The summed E-state index contributed by atoms with van der Waals surface area (Å²) in [5.74, 6) is -5.51. The zero-order chi connectivity index (χ0) is 45.3. The van der Waals surface area contributed by atoms with Crippen molar-refractivity contribution in [1.82, 2.24) is 20.0 Å². The maximum Gasteiger partial charge on any atom is 0.360 e. The lowest BCUT2D eigenvalue weighted by Gasteiger charge is -2.34. The van der Waals surface area contributed by atoms with E-state index >= 15 is 4.79 Å². The standard InChI is InChI=1S/C33H40I6N6O14/c1-12(50)43-28-24(36)19(31(57)42-4-14(52)9-47)23(35)21(25(28)37)33(59)45(2,17(55)5-41-3-13(51)8-46)29-26(38)18(30(40)56)22(34)20(27(29)39)32(58)44(6-15(53)10-48)7-16(54)11-49/h13-16,41,46-49,51-54H,3-11H2,1-2H3,(H3-,40,42,43,50,56,57)/p+1. The van der Waals surface area contributed by atoms with Crippen molar-refractivity contribution in [2.24, 2.45) is 5.73 Å². The van der Waals surface area contributed by atoms with Crippen molar-refractivity contribution in [3.05, 3.63) is 43.7 Å². The van der Waals surface area contributed by atoms with Crippen LogP contribution in [0.15, 0.2) is 0 Å². The molecule has 0 aliphatic rings. The molecule has 2 aromatic carbocycles. The maximum atomic E-state index is 15.6. The maximum absolute atomic E-state index is 15.6. The van der Waals surface area contributed by atoms with Gasteiger partial charge in [0.05, 0.1) is 94.5 Å². The Morgan fingerprint density at radius 2 is 1.12 bits per heavy atom. The Morgan fingerprint density at radius 3 is 1.59 bits per heavy atom. The predicted octanol–water partition coefficient (Wildman–Crippen LogP) is -1.15. The Labute approximate surface area is 419 Å². The first-order valence-corrected chi connectivity index (χ1v) is 23.3. The number of carbonyl (C=O) groups excluding carboxylic acids is 6. The van der Waals surface area contributed by atoms with Crippen molar-refractivity contribution in [3.8, 4) is 0 Å². The number of amides is 6. The molecule has 328 valence electrons. The second-order valence-electron chi connectivity index (χ2n) is 12.8. The van der Waals surface area contributed by atoms with E-state index in [0.717, 1.165) is 11.9 Å². The molecule has 2 rings (SSSR count). The Morgan fingerprint density at radius 1 is 0.661 bits per heavy atom. The molecule has 2 aromatic rings. The van der Waals surface area contributed by atoms with Gasteiger partial charge in [0, 0.05) is 40.2 Å². The molecule has 0 bridgehead atoms. The average Bonchev–Trinajstić information content (AvgIpc) is 3.17. The number of aliphatic hydroxyl groups is 8. The van der Waals surface area contributed by atoms with Crippen LogP contribution < -0.4 is 26.2 Å². The predicted molar refractivity (Wildman–Crippen MR) is 263 cm³/mol. The van der Waals surface area contributed by atoms with Gasteiger partial charge in [0.15, 0.2) is 5.69 Å². The number of imide groups is 1. The lowest BCUT2D eigenvalue weighted by Crippen LogP contribution is -2.60. The van der Waals surface area contributed by atoms with E-state index in [1.54, 1.807) is 136 Å². The van der Waals surface area contributed by atoms with Crippen LogP contribution in [0.4, 0.5) is 11.4 Å². The minimum Gasteiger partial charge on any atom is -0.394 e. The van der Waals surface area contributed by atoms with Crippen LogP contribution in [0.3, 0.4) is 0 Å². The van der Waals surface area contributed by atoms with Crippen LogP contribution in [0.5, 0.6) is 0 Å². The van der Waals surface area contributed by atoms with Crippen LogP contribution in [0, 0.1) is 21.4 Å². The smallest absolute Gasteiger partial charge is 0.360 e. The number of primary amides is 1. The van der Waals surface area contributed by atoms with Gasteiger partial charge in [0.1, 0.15) is 12.1 Å². The number of nitrogens with two attached hydrogens (primary N) is 1. The Hall–Kier alpha value is -0.360. The van der Waals surface area contributed by atoms with E-state index in [0.29, 0.717) is 0 Å². The van der Waals surface area contributed by atoms with E-state index in [4.69, 9.17) is 5.73 Å². The highest BCUT2D eigenvalue weighted by atomic mass is 127. The Balaban J connectivity index is 3.27. The van der Waals surface area contributed by atoms with Crippen LogP contribution in [-0.4, -0.2) is 172 Å². The second kappa shape index (κ2) is 24.6. The van der Waals surface area contributed by atoms with E-state index in [9.17, 15) is 64.8 Å². The quantitative estimate of drug-likeness (QED) is 0.0551. The number of hydrogen-bond donors (Lipinski definition) is 12. The number of carbonyl (C=O) groups is 6. The van der Waals surface area contributed by atoms with E-state index in [-0.39, 0.29) is 61.6 Å². The molecule has 0 radical (unpaired) electrons. The molecule has 0 aliphatic carbocycles. The van der Waals surface area contributed by atoms with Crippen molar-refractivity contribution >= 4 is 182 Å². The Kier molecular flexibility index (Phi) is 22.9. The third kappa shape index (κ3) is 13.1. The zero-order valence-electron chi connectivity index (χ0n) is 30.9. The molecule has 0 heterocycles. The van der Waals surface area contributed by atoms with Gasteiger partial charge in [-0.2, -0.15) is 4.48 Å². The summed E-state index contributed by atoms with van der Waals surface area (Å²) in [7, 11) is 1.16. The first kappa shape index (κ1) is 54.8. The molecule has 0 spiro atoms. The van der Waals surface area contributed by atoms with Crippen LogP contribution in [0.1, 0.15) is 48.4 Å². The summed E-state index contributed by atoms with van der Waals surface area (Å²) >= 11 is 10.3. The summed E-state index contributed by atoms with van der Waals surface area (Å²) in [4.78, 5) is 85.2. The van der Waals surface area contributed by atoms with Gasteiger partial charge in [0.2, 0.25) is 5.91 Å². The number of aliphatic hydroxyl groups excluding tert-OH is 8. The SMILES string of the molecule is CC(=O)Nc1c(I)c(C(=O)NCC(O)CO)c(I)c(C(=O)[N+](C)(C(=O)CNCC(O)CO)c2c(I)c(C(N)=O)c(I)c(C(=O)N(CC(O)CO)CC(O)CO)c2I)c1I. The molecule has 0 saturated heterocycles. The summed E-state index contributed by atoms with van der Waals surface area (Å²) in [6, 6.07) is 0. The van der Waals surface area contributed by atoms with Crippen molar-refractivity contribution in [3.63, 3.8) is 0 Å². The van der Waals surface area contributed by atoms with Crippen molar-refractivity contribution in [2.75, 3.05) is 71.5 Å². The third-order valence-electron chi connectivity index (χ3n) is 8.31. The molecule has 0 fully saturated rings. The van der Waals surface area contributed by atoms with Gasteiger partial charge in [-0.3, -0.25) is 19.2 Å². The number of halogens is 6. The van der Waals surface area contributed by atoms with Gasteiger partial charge in [0.25, 0.3) is 17.7 Å². The monoisotopic (exact) mass is 1510 g/mol. The Bertz CT molecular complexity index is 1950. The van der Waals surface area contributed by atoms with E-state index in [2.05, 4.69) is 16.0 Å². The summed E-state index contributed by atoms with van der Waals surface area (Å²) in [5, 5.41) is 86.3. The number of benzene rings is 2. The second-order valence-corrected chi connectivity index (χ2v) is 19.2. The first-order valence-electron chi connectivity index (χ1n) is 16.8. The van der Waals surface area contributed by atoms with Gasteiger partial charge in [-0.25, -0.2) is 9.59 Å². The highest BCUT2D eigenvalue weighted by molar-refractivity contribution is 14.1. The largest absolute Gasteiger partial charge is 0.394 e. The minimum absolute atomic E-state index is 0.000246. The van der Waals surface area contributed by atoms with Crippen molar-refractivity contribution in [1.29, 1.82) is 0 Å². The molecular weight excluding hydrogens is 1470 g/mol. The molecule has 0 saturated carbocycles. The fraction of sp³-hybridized carbons (Fsp3) is 0.455. The van der Waals surface area contributed by atoms with E-state index < -0.39 is 117 Å². The minimum atomic E-state index is -1.52. The lowest BCUT2D eigenvalue weighted by molar-refractivity contribution is -0.126. The van der Waals surface area contributed by atoms with Crippen LogP contribution >= 0.6 is 136 Å². The van der Waals surface area contributed by atoms with Gasteiger partial charge < -0.3 is 67.4 Å². The van der Waals surface area contributed by atoms with Crippen LogP contribution in [0.25, 0.3) is 0 Å². The zero-order valence-corrected chi connectivity index (χ0v) is 43.9. The summed E-state index contributed by atoms with van der Waals surface area (Å²) < 4.78 is -1.43. The molecule has 26 heteroatoms. The normalized spacial score (nSPS) is 14.4. The van der Waals surface area contributed by atoms with E-state index in [1.807, 2.05) is 0 Å². The van der Waals surface area contributed by atoms with Crippen molar-refractivity contribution < 1.29 is 69.6 Å². The van der Waals surface area contributed by atoms with Gasteiger partial charge in [-0.15, -0.1) is 0 Å². The average molecular weight is 1510 g/mol. The number of nitrogens with one attached hydrogen (secondary N) is 3. The van der Waals surface area contributed by atoms with E-state index in [1.165, 1.54) is 6.92 Å². The van der Waals surface area contributed by atoms with Crippen LogP contribution in [-0.2, 0) is 9.59 Å². The fourth-order valence-corrected chi connectivity index (χ4v) is 14.8. The van der Waals surface area contributed by atoms with Gasteiger partial charge in [-0.05, 0) is 136 Å². The van der Waals surface area contributed by atoms with Crippen LogP contribution in [0.2, 0.25) is 0 Å².